The highest BCUT2D eigenvalue weighted by molar-refractivity contribution is 5.22. The molecule has 0 saturated carbocycles. The Bertz CT molecular complexity index is 414. The summed E-state index contributed by atoms with van der Waals surface area (Å²) in [7, 11) is 1.50. The van der Waals surface area contributed by atoms with Crippen molar-refractivity contribution in [3.8, 4) is 0 Å². The third kappa shape index (κ3) is 11.2. The fourth-order valence-electron chi connectivity index (χ4n) is 1.58. The molecule has 126 valence electrons. The van der Waals surface area contributed by atoms with Crippen molar-refractivity contribution in [2.75, 3.05) is 7.05 Å². The molecule has 0 bridgehead atoms. The molecular weight excluding hydrogens is 268 g/mol. The van der Waals surface area contributed by atoms with E-state index < -0.39 is 0 Å². The van der Waals surface area contributed by atoms with E-state index in [1.807, 2.05) is 13.8 Å². The zero-order valence-electron chi connectivity index (χ0n) is 15.7. The summed E-state index contributed by atoms with van der Waals surface area (Å²) >= 11 is 0. The van der Waals surface area contributed by atoms with Crippen LogP contribution in [0.1, 0.15) is 58.6 Å². The van der Waals surface area contributed by atoms with Gasteiger partial charge in [-0.3, -0.25) is 0 Å². The molecule has 1 aromatic rings. The monoisotopic (exact) mass is 304 g/mol. The van der Waals surface area contributed by atoms with Gasteiger partial charge in [0.05, 0.1) is 0 Å². The lowest BCUT2D eigenvalue weighted by Gasteiger charge is -2.09. The number of allylic oxidation sites excluding steroid dienone is 4. The molecule has 0 aliphatic carbocycles. The fourth-order valence-corrected chi connectivity index (χ4v) is 1.58. The lowest BCUT2D eigenvalue weighted by Crippen LogP contribution is -2.12. The van der Waals surface area contributed by atoms with E-state index in [9.17, 15) is 0 Å². The van der Waals surface area contributed by atoms with Gasteiger partial charge < -0.3 is 11.1 Å². The number of benzene rings is 1. The summed E-state index contributed by atoms with van der Waals surface area (Å²) in [5.74, 6) is 0. The molecule has 0 fully saturated rings. The van der Waals surface area contributed by atoms with E-state index in [1.165, 1.54) is 29.4 Å². The molecule has 0 spiro atoms. The molecule has 0 aliphatic rings. The molecule has 0 aliphatic heterocycles. The van der Waals surface area contributed by atoms with E-state index in [2.05, 4.69) is 75.2 Å². The van der Waals surface area contributed by atoms with Crippen LogP contribution >= 0.6 is 0 Å². The maximum Gasteiger partial charge on any atom is 0.0397 e. The zero-order valence-corrected chi connectivity index (χ0v) is 15.7. The van der Waals surface area contributed by atoms with E-state index in [1.54, 1.807) is 0 Å². The molecule has 22 heavy (non-hydrogen) atoms. The number of aryl methyl sites for hydroxylation is 1. The van der Waals surface area contributed by atoms with E-state index in [0.29, 0.717) is 0 Å². The summed E-state index contributed by atoms with van der Waals surface area (Å²) in [4.78, 5) is 0. The van der Waals surface area contributed by atoms with Crippen molar-refractivity contribution < 1.29 is 0 Å². The van der Waals surface area contributed by atoms with Gasteiger partial charge in [-0.2, -0.15) is 0 Å². The van der Waals surface area contributed by atoms with Gasteiger partial charge in [0, 0.05) is 12.2 Å². The van der Waals surface area contributed by atoms with Gasteiger partial charge in [0.15, 0.2) is 0 Å². The summed E-state index contributed by atoms with van der Waals surface area (Å²) < 4.78 is 0. The molecule has 2 heteroatoms. The van der Waals surface area contributed by atoms with Gasteiger partial charge in [0.1, 0.15) is 0 Å². The van der Waals surface area contributed by atoms with Gasteiger partial charge >= 0.3 is 0 Å². The molecule has 0 unspecified atom stereocenters. The Morgan fingerprint density at radius 2 is 1.55 bits per heavy atom. The first-order valence-electron chi connectivity index (χ1n) is 8.39. The minimum Gasteiger partial charge on any atom is -0.384 e. The van der Waals surface area contributed by atoms with Crippen LogP contribution in [0, 0.1) is 6.92 Å². The second kappa shape index (κ2) is 15.8. The molecule has 0 amide bonds. The molecule has 0 atom stereocenters. The summed E-state index contributed by atoms with van der Waals surface area (Å²) in [6.45, 7) is 13.6. The molecular formula is C20H36N2. The van der Waals surface area contributed by atoms with Crippen LogP contribution < -0.4 is 11.1 Å². The minimum absolute atomic E-state index is 0.902. The molecule has 1 aromatic carbocycles. The maximum absolute atomic E-state index is 4.50. The first-order chi connectivity index (χ1) is 10.7. The normalized spacial score (nSPS) is 10.9. The van der Waals surface area contributed by atoms with Crippen molar-refractivity contribution in [1.29, 1.82) is 0 Å². The van der Waals surface area contributed by atoms with Crippen molar-refractivity contribution in [1.82, 2.24) is 5.32 Å². The summed E-state index contributed by atoms with van der Waals surface area (Å²) in [6, 6.07) is 8.69. The van der Waals surface area contributed by atoms with Crippen LogP contribution in [0.3, 0.4) is 0 Å². The smallest absolute Gasteiger partial charge is 0.0397 e. The van der Waals surface area contributed by atoms with Crippen molar-refractivity contribution >= 4 is 0 Å². The lowest BCUT2D eigenvalue weighted by atomic mass is 10.1. The Labute approximate surface area is 138 Å². The second-order valence-corrected chi connectivity index (χ2v) is 4.75. The average molecular weight is 305 g/mol. The Balaban J connectivity index is 0. The van der Waals surface area contributed by atoms with Gasteiger partial charge in [-0.1, -0.05) is 69.2 Å². The molecule has 0 saturated heterocycles. The van der Waals surface area contributed by atoms with Gasteiger partial charge in [-0.25, -0.2) is 0 Å². The van der Waals surface area contributed by atoms with Crippen LogP contribution in [-0.4, -0.2) is 7.05 Å². The second-order valence-electron chi connectivity index (χ2n) is 4.75. The van der Waals surface area contributed by atoms with E-state index >= 15 is 0 Å². The predicted molar refractivity (Wildman–Crippen MR) is 102 cm³/mol. The zero-order chi connectivity index (χ0) is 17.4. The van der Waals surface area contributed by atoms with E-state index in [-0.39, 0.29) is 0 Å². The standard InChI is InChI=1S/C17H25N.C2H6.CH5N/c1-5-14(3)9-12-17(6-2)18-13-16-10-7-15(4)8-11-16;2*1-2/h7-12,18H,5-6,13H2,1-4H3;1-2H3;2H2,1H3/b14-9+,17-12+;;. The Morgan fingerprint density at radius 3 is 2.00 bits per heavy atom. The highest BCUT2D eigenvalue weighted by Gasteiger charge is 1.95. The average Bonchev–Trinajstić information content (AvgIpc) is 2.59. The number of nitrogens with two attached hydrogens (primary N) is 1. The van der Waals surface area contributed by atoms with Gasteiger partial charge in [0.2, 0.25) is 0 Å². The van der Waals surface area contributed by atoms with Crippen molar-refractivity contribution in [3.63, 3.8) is 0 Å². The van der Waals surface area contributed by atoms with Crippen LogP contribution in [0.5, 0.6) is 0 Å². The minimum atomic E-state index is 0.902. The topological polar surface area (TPSA) is 38.0 Å². The molecule has 0 aromatic heterocycles. The quantitative estimate of drug-likeness (QED) is 0.696. The number of nitrogens with one attached hydrogen (secondary N) is 1. The Morgan fingerprint density at radius 1 is 1.00 bits per heavy atom. The van der Waals surface area contributed by atoms with Gasteiger partial charge in [-0.05, 0) is 45.4 Å². The molecule has 1 rings (SSSR count). The Kier molecular flexibility index (Phi) is 16.4. The van der Waals surface area contributed by atoms with Gasteiger partial charge in [0.25, 0.3) is 0 Å². The van der Waals surface area contributed by atoms with Crippen LogP contribution in [0.2, 0.25) is 0 Å². The first-order valence-corrected chi connectivity index (χ1v) is 8.39. The third-order valence-electron chi connectivity index (χ3n) is 3.15. The van der Waals surface area contributed by atoms with Crippen molar-refractivity contribution in [2.24, 2.45) is 5.73 Å². The SMILES string of the molecule is CC.CC/C(C)=C/C=C(\CC)NCc1ccc(C)cc1.CN. The maximum atomic E-state index is 4.50. The summed E-state index contributed by atoms with van der Waals surface area (Å²) in [5.41, 5.74) is 9.85. The summed E-state index contributed by atoms with van der Waals surface area (Å²) in [6.07, 6.45) is 6.57. The van der Waals surface area contributed by atoms with Crippen molar-refractivity contribution in [3.05, 3.63) is 58.8 Å². The molecule has 2 nitrogen and oxygen atoms in total. The fraction of sp³-hybridized carbons (Fsp3) is 0.500. The van der Waals surface area contributed by atoms with E-state index in [4.69, 9.17) is 0 Å². The van der Waals surface area contributed by atoms with Crippen LogP contribution in [0.25, 0.3) is 0 Å². The predicted octanol–water partition coefficient (Wildman–Crippen LogP) is 5.34. The Hall–Kier alpha value is -1.54. The first kappa shape index (κ1) is 22.7. The van der Waals surface area contributed by atoms with Crippen LogP contribution in [-0.2, 0) is 6.54 Å². The summed E-state index contributed by atoms with van der Waals surface area (Å²) in [5, 5.41) is 3.50. The van der Waals surface area contributed by atoms with Crippen molar-refractivity contribution in [2.45, 2.75) is 60.9 Å². The lowest BCUT2D eigenvalue weighted by molar-refractivity contribution is 0.772. The highest BCUT2D eigenvalue weighted by atomic mass is 14.9. The number of hydrogen-bond acceptors (Lipinski definition) is 2. The largest absolute Gasteiger partial charge is 0.384 e. The molecule has 3 N–H and O–H groups in total. The number of hydrogen-bond donors (Lipinski definition) is 2. The number of rotatable bonds is 6. The molecule has 0 heterocycles. The van der Waals surface area contributed by atoms with Crippen LogP contribution in [0.15, 0.2) is 47.7 Å². The molecule has 0 radical (unpaired) electrons. The highest BCUT2D eigenvalue weighted by Crippen LogP contribution is 2.06. The third-order valence-corrected chi connectivity index (χ3v) is 3.15. The van der Waals surface area contributed by atoms with Crippen LogP contribution in [0.4, 0.5) is 0 Å². The van der Waals surface area contributed by atoms with E-state index in [0.717, 1.165) is 19.4 Å². The van der Waals surface area contributed by atoms with Gasteiger partial charge in [-0.15, -0.1) is 0 Å².